The zero-order valence-electron chi connectivity index (χ0n) is 24.1. The molecule has 1 aliphatic carbocycles. The van der Waals surface area contributed by atoms with Gasteiger partial charge in [0.05, 0.1) is 28.8 Å². The Morgan fingerprint density at radius 2 is 1.75 bits per heavy atom. The molecule has 1 saturated carbocycles. The topological polar surface area (TPSA) is 135 Å². The fourth-order valence-corrected chi connectivity index (χ4v) is 6.26. The van der Waals surface area contributed by atoms with E-state index >= 15 is 0 Å². The Morgan fingerprint density at radius 3 is 2.50 bits per heavy atom. The van der Waals surface area contributed by atoms with Crippen molar-refractivity contribution in [3.8, 4) is 17.2 Å². The Kier molecular flexibility index (Phi) is 6.27. The lowest BCUT2D eigenvalue weighted by molar-refractivity contribution is -0.121. The number of benzene rings is 3. The third kappa shape index (κ3) is 4.31. The smallest absolute Gasteiger partial charge is 0.329 e. The summed E-state index contributed by atoms with van der Waals surface area (Å²) in [4.78, 5) is 44.2. The van der Waals surface area contributed by atoms with Gasteiger partial charge in [0, 0.05) is 10.9 Å². The first-order valence-corrected chi connectivity index (χ1v) is 14.4. The molecule has 4 N–H and O–H groups in total. The number of amides is 3. The molecule has 1 spiro atoms. The molecule has 3 aromatic carbocycles. The number of ketones is 1. The number of anilines is 2. The molecule has 2 aromatic heterocycles. The highest BCUT2D eigenvalue weighted by Gasteiger charge is 2.53. The third-order valence-electron chi connectivity index (χ3n) is 8.55. The van der Waals surface area contributed by atoms with E-state index in [2.05, 4.69) is 15.4 Å². The van der Waals surface area contributed by atoms with Gasteiger partial charge < -0.3 is 20.8 Å². The number of rotatable bonds is 6. The number of para-hydroxylation sites is 1. The van der Waals surface area contributed by atoms with E-state index in [4.69, 9.17) is 10.5 Å². The Labute approximate surface area is 251 Å². The van der Waals surface area contributed by atoms with Crippen molar-refractivity contribution in [2.45, 2.75) is 45.1 Å². The van der Waals surface area contributed by atoms with Crippen molar-refractivity contribution in [1.29, 1.82) is 0 Å². The van der Waals surface area contributed by atoms with E-state index in [-0.39, 0.29) is 34.5 Å². The summed E-state index contributed by atoms with van der Waals surface area (Å²) in [6.45, 7) is 3.67. The summed E-state index contributed by atoms with van der Waals surface area (Å²) in [5.41, 5.74) is 9.31. The molecule has 2 fully saturated rings. The van der Waals surface area contributed by atoms with Crippen LogP contribution in [0.3, 0.4) is 0 Å². The summed E-state index contributed by atoms with van der Waals surface area (Å²) in [6, 6.07) is 16.2. The van der Waals surface area contributed by atoms with Gasteiger partial charge in [-0.25, -0.2) is 18.8 Å². The number of aryl methyl sites for hydroxylation is 2. The lowest BCUT2D eigenvalue weighted by Crippen LogP contribution is -2.44. The second-order valence-corrected chi connectivity index (χ2v) is 11.4. The van der Waals surface area contributed by atoms with Crippen molar-refractivity contribution in [2.75, 3.05) is 10.6 Å². The van der Waals surface area contributed by atoms with Crippen LogP contribution in [0.25, 0.3) is 16.6 Å². The van der Waals surface area contributed by atoms with Crippen molar-refractivity contribution in [3.05, 3.63) is 95.1 Å². The van der Waals surface area contributed by atoms with Crippen LogP contribution in [0.5, 0.6) is 11.5 Å². The second kappa shape index (κ2) is 10.1. The van der Waals surface area contributed by atoms with Crippen LogP contribution in [0.4, 0.5) is 20.7 Å². The van der Waals surface area contributed by atoms with E-state index in [0.29, 0.717) is 35.5 Å². The first kappa shape index (κ1) is 27.4. The maximum atomic E-state index is 14.0. The number of nitrogens with two attached hydrogens (primary N) is 1. The SMILES string of the molecule is Cc1cc2cc(C(=O)c3cnn(-c4ccc(Oc5ccccc5F)cc4C)c3N)[nH]c2cc1N1C(=O)NC2(CCCC2)C1=O. The average molecular weight is 593 g/mol. The van der Waals surface area contributed by atoms with Crippen LogP contribution in [0.1, 0.15) is 52.9 Å². The number of hydrogen-bond donors (Lipinski definition) is 3. The molecule has 3 amide bonds. The van der Waals surface area contributed by atoms with Gasteiger partial charge in [-0.3, -0.25) is 9.59 Å². The van der Waals surface area contributed by atoms with Crippen LogP contribution in [-0.4, -0.2) is 38.0 Å². The van der Waals surface area contributed by atoms with Crippen molar-refractivity contribution in [1.82, 2.24) is 20.1 Å². The van der Waals surface area contributed by atoms with Crippen LogP contribution in [0.2, 0.25) is 0 Å². The molecule has 0 unspecified atom stereocenters. The first-order valence-electron chi connectivity index (χ1n) is 14.4. The molecular formula is C33H29FN6O4. The van der Waals surface area contributed by atoms with Gasteiger partial charge in [-0.1, -0.05) is 25.0 Å². The van der Waals surface area contributed by atoms with Gasteiger partial charge in [0.25, 0.3) is 5.91 Å². The standard InChI is InChI=1S/C33H29FN6O4/c1-18-13-20-15-25(37-24(20)16-27(18)39-31(42)33(38-32(39)43)11-5-6-12-33)29(41)22-17-36-40(30(22)35)26-10-9-21(14-19(26)2)44-28-8-4-3-7-23(28)34/h3-4,7-10,13-17,37H,5-6,11-12,35H2,1-2H3,(H,38,43). The highest BCUT2D eigenvalue weighted by atomic mass is 19.1. The number of fused-ring (bicyclic) bond motifs is 1. The number of halogens is 1. The minimum atomic E-state index is -0.821. The second-order valence-electron chi connectivity index (χ2n) is 11.4. The molecular weight excluding hydrogens is 563 g/mol. The van der Waals surface area contributed by atoms with Crippen molar-refractivity contribution in [2.24, 2.45) is 0 Å². The molecule has 5 aromatic rings. The number of ether oxygens (including phenoxy) is 1. The predicted octanol–water partition coefficient (Wildman–Crippen LogP) is 6.08. The maximum absolute atomic E-state index is 14.0. The summed E-state index contributed by atoms with van der Waals surface area (Å²) in [5.74, 6) is -0.353. The van der Waals surface area contributed by atoms with E-state index in [1.54, 1.807) is 48.5 Å². The molecule has 222 valence electrons. The van der Waals surface area contributed by atoms with Crippen LogP contribution >= 0.6 is 0 Å². The summed E-state index contributed by atoms with van der Waals surface area (Å²) < 4.78 is 21.2. The number of nitrogens with one attached hydrogen (secondary N) is 2. The average Bonchev–Trinajstić information content (AvgIpc) is 3.77. The highest BCUT2D eigenvalue weighted by Crippen LogP contribution is 2.39. The predicted molar refractivity (Wildman–Crippen MR) is 163 cm³/mol. The molecule has 0 bridgehead atoms. The lowest BCUT2D eigenvalue weighted by atomic mass is 9.97. The lowest BCUT2D eigenvalue weighted by Gasteiger charge is -2.20. The number of aromatic nitrogens is 3. The third-order valence-corrected chi connectivity index (χ3v) is 8.55. The quantitative estimate of drug-likeness (QED) is 0.161. The number of carbonyl (C=O) groups is 3. The first-order chi connectivity index (χ1) is 21.1. The molecule has 0 atom stereocenters. The summed E-state index contributed by atoms with van der Waals surface area (Å²) in [5, 5.41) is 8.05. The zero-order valence-corrected chi connectivity index (χ0v) is 24.1. The number of hydrogen-bond acceptors (Lipinski definition) is 6. The fraction of sp³-hybridized carbons (Fsp3) is 0.212. The fourth-order valence-electron chi connectivity index (χ4n) is 6.26. The summed E-state index contributed by atoms with van der Waals surface area (Å²) in [6.07, 6.45) is 4.48. The maximum Gasteiger partial charge on any atom is 0.329 e. The Hall–Kier alpha value is -5.45. The molecule has 7 rings (SSSR count). The summed E-state index contributed by atoms with van der Waals surface area (Å²) >= 11 is 0. The Balaban J connectivity index is 1.16. The molecule has 44 heavy (non-hydrogen) atoms. The number of nitrogen functional groups attached to an aromatic ring is 1. The number of urea groups is 1. The number of imide groups is 1. The minimum Gasteiger partial charge on any atom is -0.454 e. The Morgan fingerprint density at radius 1 is 1.00 bits per heavy atom. The van der Waals surface area contributed by atoms with Gasteiger partial charge in [-0.2, -0.15) is 5.10 Å². The van der Waals surface area contributed by atoms with Crippen LogP contribution in [0.15, 0.2) is 66.9 Å². The molecule has 0 radical (unpaired) electrons. The largest absolute Gasteiger partial charge is 0.454 e. The van der Waals surface area contributed by atoms with Crippen LogP contribution < -0.4 is 20.7 Å². The number of aromatic amines is 1. The van der Waals surface area contributed by atoms with E-state index in [1.807, 2.05) is 19.9 Å². The van der Waals surface area contributed by atoms with E-state index < -0.39 is 17.4 Å². The molecule has 1 aliphatic heterocycles. The number of nitrogens with zero attached hydrogens (tertiary/aromatic N) is 3. The van der Waals surface area contributed by atoms with E-state index in [1.165, 1.54) is 21.8 Å². The molecule has 10 nitrogen and oxygen atoms in total. The van der Waals surface area contributed by atoms with E-state index in [9.17, 15) is 18.8 Å². The van der Waals surface area contributed by atoms with Gasteiger partial charge in [0.2, 0.25) is 5.78 Å². The minimum absolute atomic E-state index is 0.111. The van der Waals surface area contributed by atoms with Crippen LogP contribution in [0, 0.1) is 19.7 Å². The molecule has 2 aliphatic rings. The Bertz CT molecular complexity index is 2000. The van der Waals surface area contributed by atoms with Crippen molar-refractivity contribution < 1.29 is 23.5 Å². The molecule has 1 saturated heterocycles. The highest BCUT2D eigenvalue weighted by molar-refractivity contribution is 6.24. The number of H-pyrrole nitrogens is 1. The summed E-state index contributed by atoms with van der Waals surface area (Å²) in [7, 11) is 0. The molecule has 3 heterocycles. The zero-order chi connectivity index (χ0) is 30.7. The van der Waals surface area contributed by atoms with Gasteiger partial charge in [0.1, 0.15) is 17.1 Å². The van der Waals surface area contributed by atoms with E-state index in [0.717, 1.165) is 29.4 Å². The number of carbonyl (C=O) groups excluding carboxylic acids is 3. The van der Waals surface area contributed by atoms with Crippen molar-refractivity contribution in [3.63, 3.8) is 0 Å². The van der Waals surface area contributed by atoms with Crippen LogP contribution in [-0.2, 0) is 4.79 Å². The van der Waals surface area contributed by atoms with Gasteiger partial charge in [-0.05, 0) is 86.3 Å². The van der Waals surface area contributed by atoms with Gasteiger partial charge in [-0.15, -0.1) is 0 Å². The normalized spacial score (nSPS) is 15.8. The molecule has 11 heteroatoms. The van der Waals surface area contributed by atoms with Gasteiger partial charge in [0.15, 0.2) is 11.6 Å². The monoisotopic (exact) mass is 592 g/mol. The van der Waals surface area contributed by atoms with Crippen molar-refractivity contribution >= 4 is 40.1 Å². The van der Waals surface area contributed by atoms with Gasteiger partial charge >= 0.3 is 6.03 Å².